The molecule has 3 aliphatic rings. The van der Waals surface area contributed by atoms with E-state index in [1.165, 1.54) is 22.3 Å². The van der Waals surface area contributed by atoms with Gasteiger partial charge in [0.2, 0.25) is 0 Å². The number of nitrogens with zero attached hydrogens (tertiary/aromatic N) is 1. The highest BCUT2D eigenvalue weighted by Crippen LogP contribution is 2.49. The van der Waals surface area contributed by atoms with Crippen LogP contribution in [-0.4, -0.2) is 28.7 Å². The summed E-state index contributed by atoms with van der Waals surface area (Å²) in [5.41, 5.74) is 7.11. The van der Waals surface area contributed by atoms with Crippen molar-refractivity contribution in [2.24, 2.45) is 5.92 Å². The minimum atomic E-state index is -0.528. The van der Waals surface area contributed by atoms with Crippen LogP contribution in [0.4, 0.5) is 0 Å². The summed E-state index contributed by atoms with van der Waals surface area (Å²) in [4.78, 5) is 2.65. The normalized spacial score (nSPS) is 30.3. The van der Waals surface area contributed by atoms with Crippen molar-refractivity contribution in [1.82, 2.24) is 4.90 Å². The Morgan fingerprint density at radius 1 is 1.00 bits per heavy atom. The molecule has 0 spiro atoms. The molecule has 0 aromatic heterocycles. The fourth-order valence-electron chi connectivity index (χ4n) is 5.63. The van der Waals surface area contributed by atoms with Crippen LogP contribution in [0, 0.1) is 5.92 Å². The zero-order chi connectivity index (χ0) is 17.9. The Kier molecular flexibility index (Phi) is 3.77. The lowest BCUT2D eigenvalue weighted by Gasteiger charge is -2.50. The van der Waals surface area contributed by atoms with Crippen LogP contribution in [0.3, 0.4) is 0 Å². The molecule has 0 radical (unpaired) electrons. The second kappa shape index (κ2) is 5.94. The first-order chi connectivity index (χ1) is 12.6. The monoisotopic (exact) mass is 347 g/mol. The average Bonchev–Trinajstić information content (AvgIpc) is 2.81. The molecule has 1 saturated heterocycles. The van der Waals surface area contributed by atoms with Gasteiger partial charge in [-0.1, -0.05) is 56.3 Å². The predicted molar refractivity (Wildman–Crippen MR) is 105 cm³/mol. The van der Waals surface area contributed by atoms with Crippen molar-refractivity contribution in [3.8, 4) is 0 Å². The van der Waals surface area contributed by atoms with Crippen LogP contribution in [0.25, 0.3) is 0 Å². The van der Waals surface area contributed by atoms with Gasteiger partial charge in [-0.15, -0.1) is 0 Å². The third kappa shape index (κ3) is 2.39. The average molecular weight is 348 g/mol. The minimum absolute atomic E-state index is 0.311. The summed E-state index contributed by atoms with van der Waals surface area (Å²) in [6.07, 6.45) is 4.04. The van der Waals surface area contributed by atoms with Crippen LogP contribution < -0.4 is 0 Å². The Bertz CT molecular complexity index is 842. The second-order valence-electron chi connectivity index (χ2n) is 8.89. The topological polar surface area (TPSA) is 23.5 Å². The molecule has 136 valence electrons. The molecule has 0 amide bonds. The van der Waals surface area contributed by atoms with Crippen molar-refractivity contribution in [3.63, 3.8) is 0 Å². The van der Waals surface area contributed by atoms with Crippen LogP contribution in [0.1, 0.15) is 66.5 Å². The van der Waals surface area contributed by atoms with Gasteiger partial charge in [0.25, 0.3) is 0 Å². The van der Waals surface area contributed by atoms with Gasteiger partial charge in [0.05, 0.1) is 5.60 Å². The highest BCUT2D eigenvalue weighted by atomic mass is 16.3. The summed E-state index contributed by atoms with van der Waals surface area (Å²) >= 11 is 0. The van der Waals surface area contributed by atoms with Gasteiger partial charge in [-0.25, -0.2) is 0 Å². The maximum Gasteiger partial charge on any atom is 0.0700 e. The van der Waals surface area contributed by atoms with E-state index in [-0.39, 0.29) is 0 Å². The quantitative estimate of drug-likeness (QED) is 0.823. The second-order valence-corrected chi connectivity index (χ2v) is 8.89. The van der Waals surface area contributed by atoms with Gasteiger partial charge in [0.1, 0.15) is 0 Å². The van der Waals surface area contributed by atoms with Gasteiger partial charge in [0.15, 0.2) is 0 Å². The largest absolute Gasteiger partial charge is 0.390 e. The fraction of sp³-hybridized carbons (Fsp3) is 0.500. The van der Waals surface area contributed by atoms with Crippen molar-refractivity contribution in [1.29, 1.82) is 0 Å². The van der Waals surface area contributed by atoms with Crippen molar-refractivity contribution in [3.05, 3.63) is 70.3 Å². The highest BCUT2D eigenvalue weighted by Gasteiger charge is 2.45. The number of aryl methyl sites for hydroxylation is 2. The molecule has 1 N–H and O–H groups in total. The van der Waals surface area contributed by atoms with Crippen molar-refractivity contribution >= 4 is 0 Å². The molecule has 1 aliphatic carbocycles. The van der Waals surface area contributed by atoms with E-state index < -0.39 is 5.60 Å². The molecule has 5 rings (SSSR count). The first-order valence-corrected chi connectivity index (χ1v) is 10.2. The third-order valence-electron chi connectivity index (χ3n) is 7.34. The van der Waals surface area contributed by atoms with Crippen molar-refractivity contribution < 1.29 is 5.11 Å². The predicted octanol–water partition coefficient (Wildman–Crippen LogP) is 4.45. The first-order valence-electron chi connectivity index (χ1n) is 10.2. The molecule has 2 aliphatic heterocycles. The zero-order valence-electron chi connectivity index (χ0n) is 15.9. The standard InChI is InChI=1S/C24H29NO/c1-16(2)24(26)12-13-25-15-21-19-8-4-3-6-17(19)10-11-18-7-5-9-20(23(18)21)22(25)14-24/h3-9,16,21-22,26H,10-15H2,1-2H3/t21-,22-,24+/m0/s1. The van der Waals surface area contributed by atoms with E-state index in [4.69, 9.17) is 0 Å². The molecule has 3 atom stereocenters. The number of benzene rings is 2. The number of aliphatic hydroxyl groups is 1. The van der Waals surface area contributed by atoms with E-state index in [2.05, 4.69) is 61.2 Å². The summed E-state index contributed by atoms with van der Waals surface area (Å²) in [7, 11) is 0. The number of hydrogen-bond donors (Lipinski definition) is 1. The summed E-state index contributed by atoms with van der Waals surface area (Å²) in [5, 5.41) is 11.2. The smallest absolute Gasteiger partial charge is 0.0700 e. The van der Waals surface area contributed by atoms with Gasteiger partial charge in [-0.05, 0) is 59.4 Å². The molecule has 2 nitrogen and oxygen atoms in total. The molecule has 2 heterocycles. The molecule has 0 saturated carbocycles. The molecule has 26 heavy (non-hydrogen) atoms. The number of hydrogen-bond acceptors (Lipinski definition) is 2. The van der Waals surface area contributed by atoms with E-state index in [9.17, 15) is 5.11 Å². The van der Waals surface area contributed by atoms with E-state index in [1.54, 1.807) is 5.56 Å². The van der Waals surface area contributed by atoms with E-state index in [0.29, 0.717) is 17.9 Å². The Labute approximate surface area is 156 Å². The maximum atomic E-state index is 11.2. The van der Waals surface area contributed by atoms with Crippen LogP contribution in [0.15, 0.2) is 42.5 Å². The van der Waals surface area contributed by atoms with Gasteiger partial charge >= 0.3 is 0 Å². The van der Waals surface area contributed by atoms with Crippen LogP contribution in [0.5, 0.6) is 0 Å². The summed E-state index contributed by atoms with van der Waals surface area (Å²) in [6, 6.07) is 16.3. The van der Waals surface area contributed by atoms with Crippen LogP contribution >= 0.6 is 0 Å². The SMILES string of the molecule is CC(C)[C@@]1(O)CCN2C[C@H]3c4ccccc4CCc4cccc(c43)[C@@H]2C1. The molecule has 2 aromatic rings. The third-order valence-corrected chi connectivity index (χ3v) is 7.34. The summed E-state index contributed by atoms with van der Waals surface area (Å²) in [5.74, 6) is 0.798. The number of rotatable bonds is 1. The number of fused-ring (bicyclic) bond motifs is 4. The summed E-state index contributed by atoms with van der Waals surface area (Å²) < 4.78 is 0. The molecular formula is C24H29NO. The van der Waals surface area contributed by atoms with Crippen molar-refractivity contribution in [2.75, 3.05) is 13.1 Å². The zero-order valence-corrected chi connectivity index (χ0v) is 15.9. The molecule has 2 aromatic carbocycles. The van der Waals surface area contributed by atoms with Crippen LogP contribution in [0.2, 0.25) is 0 Å². The van der Waals surface area contributed by atoms with E-state index >= 15 is 0 Å². The lowest BCUT2D eigenvalue weighted by atomic mass is 9.71. The van der Waals surface area contributed by atoms with Gasteiger partial charge < -0.3 is 5.11 Å². The van der Waals surface area contributed by atoms with E-state index in [0.717, 1.165) is 38.8 Å². The molecule has 2 heteroatoms. The fourth-order valence-corrected chi connectivity index (χ4v) is 5.63. The molecular weight excluding hydrogens is 318 g/mol. The van der Waals surface area contributed by atoms with Gasteiger partial charge in [0, 0.05) is 25.0 Å². The highest BCUT2D eigenvalue weighted by molar-refractivity contribution is 5.51. The molecule has 0 bridgehead atoms. The molecule has 0 unspecified atom stereocenters. The Morgan fingerprint density at radius 2 is 1.73 bits per heavy atom. The van der Waals surface area contributed by atoms with Gasteiger partial charge in [-0.2, -0.15) is 0 Å². The Hall–Kier alpha value is -1.64. The van der Waals surface area contributed by atoms with Crippen LogP contribution in [-0.2, 0) is 12.8 Å². The van der Waals surface area contributed by atoms with Gasteiger partial charge in [-0.3, -0.25) is 4.90 Å². The van der Waals surface area contributed by atoms with Crippen molar-refractivity contribution in [2.45, 2.75) is 57.1 Å². The first kappa shape index (κ1) is 16.5. The lowest BCUT2D eigenvalue weighted by Crippen LogP contribution is -2.51. The Morgan fingerprint density at radius 3 is 2.58 bits per heavy atom. The van der Waals surface area contributed by atoms with E-state index in [1.807, 2.05) is 0 Å². The summed E-state index contributed by atoms with van der Waals surface area (Å²) in [6.45, 7) is 6.44. The molecule has 1 fully saturated rings. The number of piperidine rings is 1. The lowest BCUT2D eigenvalue weighted by molar-refractivity contribution is -0.0822. The minimum Gasteiger partial charge on any atom is -0.390 e. The maximum absolute atomic E-state index is 11.2. The Balaban J connectivity index is 1.65.